The van der Waals surface area contributed by atoms with Crippen LogP contribution in [0.15, 0.2) is 53.4 Å². The molecule has 1 saturated heterocycles. The van der Waals surface area contributed by atoms with Gasteiger partial charge in [-0.15, -0.1) is 0 Å². The normalized spacial score (nSPS) is 18.1. The highest BCUT2D eigenvalue weighted by atomic mass is 35.5. The van der Waals surface area contributed by atoms with E-state index in [9.17, 15) is 21.6 Å². The Hall–Kier alpha value is -1.94. The smallest absolute Gasteiger partial charge is 0.255 e. The molecule has 1 heterocycles. The first-order valence-electron chi connectivity index (χ1n) is 10.4. The van der Waals surface area contributed by atoms with Crippen LogP contribution in [0, 0.1) is 0 Å². The van der Waals surface area contributed by atoms with Crippen molar-refractivity contribution in [3.63, 3.8) is 0 Å². The molecule has 7 nitrogen and oxygen atoms in total. The van der Waals surface area contributed by atoms with Crippen LogP contribution in [0.1, 0.15) is 35.7 Å². The van der Waals surface area contributed by atoms with Gasteiger partial charge in [0, 0.05) is 26.2 Å². The van der Waals surface area contributed by atoms with E-state index in [-0.39, 0.29) is 33.5 Å². The van der Waals surface area contributed by atoms with Crippen molar-refractivity contribution >= 4 is 37.4 Å². The predicted molar refractivity (Wildman–Crippen MR) is 125 cm³/mol. The lowest BCUT2D eigenvalue weighted by Crippen LogP contribution is -2.41. The molecule has 2 aromatic rings. The highest BCUT2D eigenvalue weighted by molar-refractivity contribution is 7.91. The molecule has 0 aliphatic carbocycles. The number of nitrogens with zero attached hydrogens (tertiary/aromatic N) is 2. The minimum atomic E-state index is -3.88. The van der Waals surface area contributed by atoms with Crippen LogP contribution in [0.4, 0.5) is 0 Å². The van der Waals surface area contributed by atoms with E-state index in [1.807, 2.05) is 37.3 Å². The molecule has 32 heavy (non-hydrogen) atoms. The summed E-state index contributed by atoms with van der Waals surface area (Å²) < 4.78 is 51.4. The molecule has 174 valence electrons. The zero-order valence-corrected chi connectivity index (χ0v) is 20.5. The van der Waals surface area contributed by atoms with Gasteiger partial charge in [0.2, 0.25) is 10.0 Å². The molecule has 1 fully saturated rings. The molecule has 0 saturated carbocycles. The summed E-state index contributed by atoms with van der Waals surface area (Å²) in [4.78, 5) is 14.8. The summed E-state index contributed by atoms with van der Waals surface area (Å²) in [5, 5.41) is 0.126. The molecule has 0 aromatic heterocycles. The van der Waals surface area contributed by atoms with Crippen LogP contribution in [-0.4, -0.2) is 63.1 Å². The Morgan fingerprint density at radius 2 is 1.84 bits per heavy atom. The van der Waals surface area contributed by atoms with Crippen LogP contribution in [-0.2, 0) is 26.4 Å². The summed E-state index contributed by atoms with van der Waals surface area (Å²) in [5.74, 6) is -0.507. The van der Waals surface area contributed by atoms with Crippen molar-refractivity contribution in [1.82, 2.24) is 9.21 Å². The number of benzene rings is 2. The average molecular weight is 499 g/mol. The summed E-state index contributed by atoms with van der Waals surface area (Å²) in [5.41, 5.74) is 0.888. The van der Waals surface area contributed by atoms with E-state index in [0.29, 0.717) is 19.4 Å². The molecule has 2 aromatic carbocycles. The van der Waals surface area contributed by atoms with Gasteiger partial charge in [-0.1, -0.05) is 48.9 Å². The Kier molecular flexibility index (Phi) is 7.65. The Bertz CT molecular complexity index is 1180. The first-order chi connectivity index (χ1) is 15.0. The molecule has 0 N–H and O–H groups in total. The average Bonchev–Trinajstić information content (AvgIpc) is 3.11. The number of hydrogen-bond donors (Lipinski definition) is 0. The maximum absolute atomic E-state index is 13.3. The Morgan fingerprint density at radius 3 is 2.44 bits per heavy atom. The van der Waals surface area contributed by atoms with E-state index < -0.39 is 31.8 Å². The Balaban J connectivity index is 1.90. The van der Waals surface area contributed by atoms with Gasteiger partial charge in [-0.3, -0.25) is 4.79 Å². The predicted octanol–water partition coefficient (Wildman–Crippen LogP) is 3.20. The van der Waals surface area contributed by atoms with Crippen molar-refractivity contribution in [2.75, 3.05) is 25.1 Å². The van der Waals surface area contributed by atoms with Gasteiger partial charge >= 0.3 is 0 Å². The molecule has 10 heteroatoms. The molecular formula is C22H27ClN2O5S2. The van der Waals surface area contributed by atoms with Crippen LogP contribution < -0.4 is 0 Å². The zero-order valence-electron chi connectivity index (χ0n) is 18.1. The van der Waals surface area contributed by atoms with Crippen LogP contribution in [0.25, 0.3) is 0 Å². The lowest BCUT2D eigenvalue weighted by atomic mass is 10.1. The molecule has 1 aliphatic rings. The first-order valence-corrected chi connectivity index (χ1v) is 14.0. The van der Waals surface area contributed by atoms with Crippen molar-refractivity contribution in [3.8, 4) is 0 Å². The van der Waals surface area contributed by atoms with Gasteiger partial charge in [0.1, 0.15) is 0 Å². The van der Waals surface area contributed by atoms with Crippen molar-refractivity contribution in [2.45, 2.75) is 37.2 Å². The summed E-state index contributed by atoms with van der Waals surface area (Å²) in [6.07, 6.45) is 1.00. The SMILES string of the molecule is CCCN(C(=O)c1cc(S(=O)(=O)N(C)Cc2ccccc2)ccc1Cl)C1CCS(=O)(=O)C1. The van der Waals surface area contributed by atoms with Gasteiger partial charge in [0.05, 0.1) is 27.0 Å². The molecular weight excluding hydrogens is 472 g/mol. The minimum absolute atomic E-state index is 0.0393. The van der Waals surface area contributed by atoms with Crippen molar-refractivity contribution in [2.24, 2.45) is 0 Å². The van der Waals surface area contributed by atoms with Crippen molar-refractivity contribution in [3.05, 3.63) is 64.7 Å². The summed E-state index contributed by atoms with van der Waals surface area (Å²) >= 11 is 6.28. The largest absolute Gasteiger partial charge is 0.335 e. The van der Waals surface area contributed by atoms with E-state index >= 15 is 0 Å². The third-order valence-corrected chi connectivity index (χ3v) is 9.38. The third-order valence-electron chi connectivity index (χ3n) is 5.50. The maximum Gasteiger partial charge on any atom is 0.255 e. The number of carbonyl (C=O) groups excluding carboxylic acids is 1. The first kappa shape index (κ1) is 24.7. The molecule has 3 rings (SSSR count). The fraction of sp³-hybridized carbons (Fsp3) is 0.409. The zero-order chi connectivity index (χ0) is 23.5. The number of sulfonamides is 1. The van der Waals surface area contributed by atoms with Gasteiger partial charge in [0.15, 0.2) is 9.84 Å². The van der Waals surface area contributed by atoms with Crippen molar-refractivity contribution < 1.29 is 21.6 Å². The van der Waals surface area contributed by atoms with Gasteiger partial charge in [0.25, 0.3) is 5.91 Å². The Labute approximate surface area is 195 Å². The fourth-order valence-electron chi connectivity index (χ4n) is 3.80. The minimum Gasteiger partial charge on any atom is -0.335 e. The standard InChI is InChI=1S/C22H27ClN2O5S2/c1-3-12-25(18-11-13-31(27,28)16-18)22(26)20-14-19(9-10-21(20)23)32(29,30)24(2)15-17-7-5-4-6-8-17/h4-10,14,18H,3,11-13,15-16H2,1-2H3. The molecule has 1 aliphatic heterocycles. The topological polar surface area (TPSA) is 91.8 Å². The van der Waals surface area contributed by atoms with Gasteiger partial charge < -0.3 is 4.90 Å². The number of carbonyl (C=O) groups is 1. The second kappa shape index (κ2) is 9.91. The van der Waals surface area contributed by atoms with Crippen LogP contribution in [0.3, 0.4) is 0 Å². The van der Waals surface area contributed by atoms with Crippen LogP contribution in [0.2, 0.25) is 5.02 Å². The highest BCUT2D eigenvalue weighted by Gasteiger charge is 2.35. The number of halogens is 1. The number of rotatable bonds is 8. The van der Waals surface area contributed by atoms with Gasteiger partial charge in [-0.05, 0) is 36.6 Å². The van der Waals surface area contributed by atoms with E-state index in [1.54, 1.807) is 0 Å². The summed E-state index contributed by atoms with van der Waals surface area (Å²) in [7, 11) is -5.59. The monoisotopic (exact) mass is 498 g/mol. The quantitative estimate of drug-likeness (QED) is 0.557. The number of amides is 1. The second-order valence-electron chi connectivity index (χ2n) is 7.94. The van der Waals surface area contributed by atoms with Gasteiger partial charge in [-0.2, -0.15) is 4.31 Å². The van der Waals surface area contributed by atoms with Crippen molar-refractivity contribution in [1.29, 1.82) is 0 Å². The third kappa shape index (κ3) is 5.51. The molecule has 1 amide bonds. The van der Waals surface area contributed by atoms with Crippen LogP contribution >= 0.6 is 11.6 Å². The van der Waals surface area contributed by atoms with E-state index in [2.05, 4.69) is 0 Å². The lowest BCUT2D eigenvalue weighted by Gasteiger charge is -2.28. The molecule has 0 bridgehead atoms. The van der Waals surface area contributed by atoms with Crippen LogP contribution in [0.5, 0.6) is 0 Å². The lowest BCUT2D eigenvalue weighted by molar-refractivity contribution is 0.0697. The van der Waals surface area contributed by atoms with Gasteiger partial charge in [-0.25, -0.2) is 16.8 Å². The maximum atomic E-state index is 13.3. The highest BCUT2D eigenvalue weighted by Crippen LogP contribution is 2.27. The number of sulfone groups is 1. The van der Waals surface area contributed by atoms with E-state index in [1.165, 1.54) is 34.5 Å². The molecule has 0 radical (unpaired) electrons. The Morgan fingerprint density at radius 1 is 1.16 bits per heavy atom. The molecule has 0 spiro atoms. The second-order valence-corrected chi connectivity index (χ2v) is 12.6. The van der Waals surface area contributed by atoms with E-state index in [0.717, 1.165) is 5.56 Å². The number of hydrogen-bond acceptors (Lipinski definition) is 5. The summed E-state index contributed by atoms with van der Waals surface area (Å²) in [6.45, 7) is 2.43. The summed E-state index contributed by atoms with van der Waals surface area (Å²) in [6, 6.07) is 12.8. The fourth-order valence-corrected chi connectivity index (χ4v) is 6.92. The molecule has 1 atom stereocenters. The van der Waals surface area contributed by atoms with E-state index in [4.69, 9.17) is 11.6 Å². The molecule has 1 unspecified atom stereocenters.